The fourth-order valence-electron chi connectivity index (χ4n) is 5.23. The summed E-state index contributed by atoms with van der Waals surface area (Å²) in [5.74, 6) is -0.939. The smallest absolute Gasteiger partial charge is 0.310 e. The van der Waals surface area contributed by atoms with Crippen molar-refractivity contribution in [2.45, 2.75) is 96.0 Å². The highest BCUT2D eigenvalue weighted by Gasteiger charge is 2.40. The average Bonchev–Trinajstić information content (AvgIpc) is 3.05. The number of aliphatic carboxylic acids is 1. The summed E-state index contributed by atoms with van der Waals surface area (Å²) in [6, 6.07) is 9.36. The Hall–Kier alpha value is -1.72. The van der Waals surface area contributed by atoms with Crippen LogP contribution in [0.5, 0.6) is 0 Å². The molecule has 0 heterocycles. The maximum Gasteiger partial charge on any atom is 0.310 e. The molecule has 1 aromatic rings. The molecule has 2 rings (SSSR count). The van der Waals surface area contributed by atoms with Gasteiger partial charge in [0.25, 0.3) is 0 Å². The molecule has 0 aromatic heterocycles. The molecule has 1 aliphatic rings. The molecule has 0 bridgehead atoms. The summed E-state index contributed by atoms with van der Waals surface area (Å²) in [5.41, 5.74) is 0.839. The lowest BCUT2D eigenvalue weighted by Gasteiger charge is -2.23. The number of carboxylic acids is 1. The second kappa shape index (κ2) is 14.4. The Morgan fingerprint density at radius 2 is 1.72 bits per heavy atom. The van der Waals surface area contributed by atoms with Crippen molar-refractivity contribution in [1.82, 2.24) is 0 Å². The molecule has 32 heavy (non-hydrogen) atoms. The number of rotatable bonds is 16. The third-order valence-corrected chi connectivity index (χ3v) is 7.23. The van der Waals surface area contributed by atoms with Crippen LogP contribution in [0.4, 0.5) is 0 Å². The largest absolute Gasteiger partial charge is 0.481 e. The number of carbonyl (C=O) groups excluding carboxylic acids is 1. The number of aliphatic hydroxyl groups excluding tert-OH is 2. The SMILES string of the molecule is CCCCCC(CO)CC[C@H]1[C@H](O)CC(=O)[C@@H]1CCCCCC(C(=O)O)c1ccccc1. The second-order valence-electron chi connectivity index (χ2n) is 9.57. The minimum Gasteiger partial charge on any atom is -0.481 e. The first-order valence-corrected chi connectivity index (χ1v) is 12.6. The molecule has 1 fully saturated rings. The Labute approximate surface area is 193 Å². The third kappa shape index (κ3) is 8.32. The number of hydrogen-bond donors (Lipinski definition) is 3. The highest BCUT2D eigenvalue weighted by Crippen LogP contribution is 2.37. The Balaban J connectivity index is 1.77. The lowest BCUT2D eigenvalue weighted by molar-refractivity contribution is -0.139. The van der Waals surface area contributed by atoms with Gasteiger partial charge in [-0.25, -0.2) is 0 Å². The maximum atomic E-state index is 12.5. The molecule has 2 unspecified atom stereocenters. The predicted molar refractivity (Wildman–Crippen MR) is 126 cm³/mol. The van der Waals surface area contributed by atoms with Crippen LogP contribution in [0.2, 0.25) is 0 Å². The summed E-state index contributed by atoms with van der Waals surface area (Å²) >= 11 is 0. The van der Waals surface area contributed by atoms with Crippen LogP contribution in [0.3, 0.4) is 0 Å². The fraction of sp³-hybridized carbons (Fsp3) is 0.704. The lowest BCUT2D eigenvalue weighted by atomic mass is 9.83. The van der Waals surface area contributed by atoms with Crippen LogP contribution in [0, 0.1) is 17.8 Å². The van der Waals surface area contributed by atoms with Crippen molar-refractivity contribution in [3.63, 3.8) is 0 Å². The van der Waals surface area contributed by atoms with Gasteiger partial charge in [-0.1, -0.05) is 75.8 Å². The molecule has 0 saturated heterocycles. The first kappa shape index (κ1) is 26.5. The van der Waals surface area contributed by atoms with Crippen LogP contribution in [0.15, 0.2) is 30.3 Å². The number of benzene rings is 1. The van der Waals surface area contributed by atoms with Crippen molar-refractivity contribution in [3.05, 3.63) is 35.9 Å². The fourth-order valence-corrected chi connectivity index (χ4v) is 5.23. The molecule has 1 aromatic carbocycles. The number of hydrogen-bond acceptors (Lipinski definition) is 4. The van der Waals surface area contributed by atoms with E-state index >= 15 is 0 Å². The number of aliphatic hydroxyl groups is 2. The standard InChI is InChI=1S/C27H42O5/c1-2-3-6-11-20(19-28)16-17-24-23(25(29)18-26(24)30)15-10-5-9-14-22(27(31)32)21-12-7-4-8-13-21/h4,7-8,12-13,20,22-24,26,28,30H,2-3,5-6,9-11,14-19H2,1H3,(H,31,32)/t20?,22?,23-,24-,26-/m1/s1. The quantitative estimate of drug-likeness (QED) is 0.298. The van der Waals surface area contributed by atoms with Gasteiger partial charge in [0.1, 0.15) is 5.78 Å². The van der Waals surface area contributed by atoms with E-state index in [1.807, 2.05) is 30.3 Å². The third-order valence-electron chi connectivity index (χ3n) is 7.23. The Morgan fingerprint density at radius 1 is 1.00 bits per heavy atom. The van der Waals surface area contributed by atoms with E-state index in [-0.39, 0.29) is 36.6 Å². The molecule has 3 N–H and O–H groups in total. The second-order valence-corrected chi connectivity index (χ2v) is 9.57. The van der Waals surface area contributed by atoms with Gasteiger partial charge in [-0.3, -0.25) is 9.59 Å². The summed E-state index contributed by atoms with van der Waals surface area (Å²) in [4.78, 5) is 24.1. The zero-order valence-electron chi connectivity index (χ0n) is 19.6. The van der Waals surface area contributed by atoms with E-state index in [0.717, 1.165) is 63.4 Å². The summed E-state index contributed by atoms with van der Waals surface area (Å²) in [5, 5.41) is 29.7. The van der Waals surface area contributed by atoms with Crippen molar-refractivity contribution < 1.29 is 24.9 Å². The number of ketones is 1. The van der Waals surface area contributed by atoms with Gasteiger partial charge in [0.05, 0.1) is 12.0 Å². The number of carbonyl (C=O) groups is 2. The summed E-state index contributed by atoms with van der Waals surface area (Å²) in [6.45, 7) is 2.35. The molecular weight excluding hydrogens is 404 g/mol. The van der Waals surface area contributed by atoms with Crippen molar-refractivity contribution >= 4 is 11.8 Å². The molecule has 0 radical (unpaired) electrons. The summed E-state index contributed by atoms with van der Waals surface area (Å²) < 4.78 is 0. The van der Waals surface area contributed by atoms with Gasteiger partial charge in [0, 0.05) is 18.9 Å². The monoisotopic (exact) mass is 446 g/mol. The average molecular weight is 447 g/mol. The van der Waals surface area contributed by atoms with Crippen molar-refractivity contribution in [2.75, 3.05) is 6.61 Å². The maximum absolute atomic E-state index is 12.5. The minimum atomic E-state index is -0.789. The van der Waals surface area contributed by atoms with Crippen LogP contribution in [0.25, 0.3) is 0 Å². The molecular formula is C27H42O5. The zero-order valence-corrected chi connectivity index (χ0v) is 19.6. The molecule has 0 spiro atoms. The molecule has 5 heteroatoms. The highest BCUT2D eigenvalue weighted by molar-refractivity contribution is 5.84. The summed E-state index contributed by atoms with van der Waals surface area (Å²) in [7, 11) is 0. The van der Waals surface area contributed by atoms with E-state index in [4.69, 9.17) is 0 Å². The molecule has 5 atom stereocenters. The van der Waals surface area contributed by atoms with Crippen LogP contribution in [-0.4, -0.2) is 39.8 Å². The van der Waals surface area contributed by atoms with E-state index in [2.05, 4.69) is 6.92 Å². The number of Topliss-reactive ketones (excluding diaryl/α,β-unsaturated/α-hetero) is 1. The van der Waals surface area contributed by atoms with Crippen molar-refractivity contribution in [2.24, 2.45) is 17.8 Å². The van der Waals surface area contributed by atoms with Crippen molar-refractivity contribution in [1.29, 1.82) is 0 Å². The van der Waals surface area contributed by atoms with Gasteiger partial charge >= 0.3 is 5.97 Å². The van der Waals surface area contributed by atoms with E-state index in [9.17, 15) is 24.9 Å². The first-order chi connectivity index (χ1) is 15.5. The normalized spacial score (nSPS) is 22.7. The predicted octanol–water partition coefficient (Wildman–Crippen LogP) is 5.34. The first-order valence-electron chi connectivity index (χ1n) is 12.6. The van der Waals surface area contributed by atoms with Crippen LogP contribution >= 0.6 is 0 Å². The highest BCUT2D eigenvalue weighted by atomic mass is 16.4. The number of unbranched alkanes of at least 4 members (excludes halogenated alkanes) is 4. The topological polar surface area (TPSA) is 94.8 Å². The minimum absolute atomic E-state index is 0.00110. The van der Waals surface area contributed by atoms with Gasteiger partial charge in [0.15, 0.2) is 0 Å². The van der Waals surface area contributed by atoms with Gasteiger partial charge in [-0.2, -0.15) is 0 Å². The Bertz CT molecular complexity index is 674. The van der Waals surface area contributed by atoms with Crippen LogP contribution in [-0.2, 0) is 9.59 Å². The molecule has 1 saturated carbocycles. The van der Waals surface area contributed by atoms with Gasteiger partial charge < -0.3 is 15.3 Å². The van der Waals surface area contributed by atoms with E-state index in [0.29, 0.717) is 6.42 Å². The van der Waals surface area contributed by atoms with Gasteiger partial charge in [-0.05, 0) is 49.5 Å². The Morgan fingerprint density at radius 3 is 2.38 bits per heavy atom. The molecule has 1 aliphatic carbocycles. The van der Waals surface area contributed by atoms with Crippen LogP contribution < -0.4 is 0 Å². The van der Waals surface area contributed by atoms with E-state index < -0.39 is 18.0 Å². The zero-order chi connectivity index (χ0) is 23.3. The molecule has 5 nitrogen and oxygen atoms in total. The van der Waals surface area contributed by atoms with Crippen LogP contribution in [0.1, 0.15) is 95.5 Å². The Kier molecular flexibility index (Phi) is 12.0. The van der Waals surface area contributed by atoms with E-state index in [1.165, 1.54) is 6.42 Å². The molecule has 0 aliphatic heterocycles. The number of carboxylic acid groups (broad SMARTS) is 1. The lowest BCUT2D eigenvalue weighted by Crippen LogP contribution is -2.22. The van der Waals surface area contributed by atoms with Gasteiger partial charge in [-0.15, -0.1) is 0 Å². The van der Waals surface area contributed by atoms with Crippen molar-refractivity contribution in [3.8, 4) is 0 Å². The molecule has 0 amide bonds. The molecule has 180 valence electrons. The van der Waals surface area contributed by atoms with Gasteiger partial charge in [0.2, 0.25) is 0 Å². The summed E-state index contributed by atoms with van der Waals surface area (Å²) in [6.07, 6.45) is 9.77. The van der Waals surface area contributed by atoms with E-state index in [1.54, 1.807) is 0 Å².